The maximum Gasteiger partial charge on any atom is 0.137 e. The van der Waals surface area contributed by atoms with Crippen LogP contribution in [0.15, 0.2) is 128 Å². The summed E-state index contributed by atoms with van der Waals surface area (Å²) in [5.74, 6) is 0.898. The van der Waals surface area contributed by atoms with Crippen molar-refractivity contribution in [3.63, 3.8) is 0 Å². The summed E-state index contributed by atoms with van der Waals surface area (Å²) in [6, 6.07) is 44.0. The van der Waals surface area contributed by atoms with E-state index >= 15 is 0 Å². The van der Waals surface area contributed by atoms with Gasteiger partial charge in [0.15, 0.2) is 0 Å². The molecule has 2 aliphatic rings. The van der Waals surface area contributed by atoms with Crippen molar-refractivity contribution in [3.05, 3.63) is 150 Å². The van der Waals surface area contributed by atoms with E-state index in [1.165, 1.54) is 50.1 Å². The van der Waals surface area contributed by atoms with Gasteiger partial charge in [-0.25, -0.2) is 4.98 Å². The van der Waals surface area contributed by atoms with Crippen LogP contribution in [-0.2, 0) is 10.8 Å². The molecule has 0 bridgehead atoms. The van der Waals surface area contributed by atoms with Crippen molar-refractivity contribution in [2.45, 2.75) is 38.5 Å². The summed E-state index contributed by atoms with van der Waals surface area (Å²) in [4.78, 5) is 9.65. The highest BCUT2D eigenvalue weighted by Gasteiger charge is 2.45. The van der Waals surface area contributed by atoms with Crippen LogP contribution in [-0.4, -0.2) is 4.98 Å². The number of pyridine rings is 1. The molecule has 3 nitrogen and oxygen atoms in total. The third kappa shape index (κ3) is 3.37. The van der Waals surface area contributed by atoms with Gasteiger partial charge in [-0.3, -0.25) is 4.90 Å². The molecule has 8 rings (SSSR count). The number of rotatable bonds is 3. The standard InChI is InChI=1S/C39H33N3/c1-38(2)29-16-7-8-19-34(29)42-35-23-22-27(25-32(35)39(3,4)31-18-12-17-30(38)37(31)42)41(36-21-9-10-24-40-36)33-20-11-14-26-13-5-6-15-28(26)33/h5-25H,1-4H3. The van der Waals surface area contributed by atoms with Crippen LogP contribution in [0.3, 0.4) is 0 Å². The first-order valence-electron chi connectivity index (χ1n) is 14.7. The predicted octanol–water partition coefficient (Wildman–Crippen LogP) is 10.5. The van der Waals surface area contributed by atoms with Gasteiger partial charge in [-0.2, -0.15) is 0 Å². The fourth-order valence-electron chi connectivity index (χ4n) is 7.29. The summed E-state index contributed by atoms with van der Waals surface area (Å²) in [5, 5.41) is 2.41. The second kappa shape index (κ2) is 8.80. The van der Waals surface area contributed by atoms with Crippen LogP contribution in [0.2, 0.25) is 0 Å². The molecule has 0 saturated heterocycles. The molecule has 0 saturated carbocycles. The molecule has 0 fully saturated rings. The molecule has 5 aromatic carbocycles. The van der Waals surface area contributed by atoms with Crippen LogP contribution in [0.4, 0.5) is 34.3 Å². The highest BCUT2D eigenvalue weighted by atomic mass is 15.2. The van der Waals surface area contributed by atoms with Crippen LogP contribution >= 0.6 is 0 Å². The van der Waals surface area contributed by atoms with Gasteiger partial charge in [-0.05, 0) is 70.1 Å². The van der Waals surface area contributed by atoms with Crippen molar-refractivity contribution in [1.29, 1.82) is 0 Å². The first-order valence-corrected chi connectivity index (χ1v) is 14.7. The number of fused-ring (bicyclic) bond motifs is 5. The molecule has 204 valence electrons. The van der Waals surface area contributed by atoms with Gasteiger partial charge in [-0.15, -0.1) is 0 Å². The fraction of sp³-hybridized carbons (Fsp3) is 0.154. The fourth-order valence-corrected chi connectivity index (χ4v) is 7.29. The zero-order chi connectivity index (χ0) is 28.6. The third-order valence-electron chi connectivity index (χ3n) is 9.46. The van der Waals surface area contributed by atoms with Gasteiger partial charge in [0.25, 0.3) is 0 Å². The molecule has 0 spiro atoms. The van der Waals surface area contributed by atoms with Gasteiger partial charge in [-0.1, -0.05) is 107 Å². The summed E-state index contributed by atoms with van der Waals surface area (Å²) in [5.41, 5.74) is 11.2. The highest BCUT2D eigenvalue weighted by Crippen LogP contribution is 2.60. The van der Waals surface area contributed by atoms with Gasteiger partial charge in [0.1, 0.15) is 5.82 Å². The van der Waals surface area contributed by atoms with Crippen molar-refractivity contribution < 1.29 is 0 Å². The Hall–Kier alpha value is -4.89. The molecule has 42 heavy (non-hydrogen) atoms. The SMILES string of the molecule is CC1(C)c2ccccc2N2c3ccc(N(c4ccccn4)c4cccc5ccccc45)cc3C(C)(C)c3cccc1c32. The first-order chi connectivity index (χ1) is 20.4. The van der Waals surface area contributed by atoms with E-state index in [0.717, 1.165) is 17.2 Å². The number of hydrogen-bond acceptors (Lipinski definition) is 3. The van der Waals surface area contributed by atoms with Crippen molar-refractivity contribution >= 4 is 45.0 Å². The molecule has 1 aromatic heterocycles. The first kappa shape index (κ1) is 24.9. The summed E-state index contributed by atoms with van der Waals surface area (Å²) in [6.07, 6.45) is 1.87. The van der Waals surface area contributed by atoms with Gasteiger partial charge in [0.05, 0.1) is 22.7 Å². The number of anilines is 6. The molecule has 3 heteroatoms. The lowest BCUT2D eigenvalue weighted by Crippen LogP contribution is -2.38. The minimum absolute atomic E-state index is 0.0872. The molecule has 6 aromatic rings. The topological polar surface area (TPSA) is 19.4 Å². The zero-order valence-corrected chi connectivity index (χ0v) is 24.5. The van der Waals surface area contributed by atoms with E-state index in [0.29, 0.717) is 0 Å². The van der Waals surface area contributed by atoms with Crippen LogP contribution < -0.4 is 9.80 Å². The van der Waals surface area contributed by atoms with Crippen LogP contribution in [0.1, 0.15) is 49.9 Å². The van der Waals surface area contributed by atoms with Crippen molar-refractivity contribution in [3.8, 4) is 0 Å². The van der Waals surface area contributed by atoms with Crippen molar-refractivity contribution in [1.82, 2.24) is 4.98 Å². The second-order valence-corrected chi connectivity index (χ2v) is 12.5. The number of para-hydroxylation sites is 2. The van der Waals surface area contributed by atoms with E-state index in [9.17, 15) is 0 Å². The van der Waals surface area contributed by atoms with Gasteiger partial charge >= 0.3 is 0 Å². The third-order valence-corrected chi connectivity index (χ3v) is 9.46. The maximum absolute atomic E-state index is 4.84. The quantitative estimate of drug-likeness (QED) is 0.221. The van der Waals surface area contributed by atoms with E-state index in [1.54, 1.807) is 0 Å². The van der Waals surface area contributed by atoms with Crippen molar-refractivity contribution in [2.75, 3.05) is 9.80 Å². The monoisotopic (exact) mass is 543 g/mol. The van der Waals surface area contributed by atoms with Gasteiger partial charge in [0, 0.05) is 28.1 Å². The summed E-state index contributed by atoms with van der Waals surface area (Å²) in [6.45, 7) is 9.47. The lowest BCUT2D eigenvalue weighted by molar-refractivity contribution is 0.597. The Kier molecular flexibility index (Phi) is 5.21. The van der Waals surface area contributed by atoms with Gasteiger partial charge in [0.2, 0.25) is 0 Å². The van der Waals surface area contributed by atoms with E-state index < -0.39 is 0 Å². The number of aromatic nitrogens is 1. The average Bonchev–Trinajstić information content (AvgIpc) is 3.02. The number of hydrogen-bond donors (Lipinski definition) is 0. The Morgan fingerprint density at radius 2 is 1.21 bits per heavy atom. The summed E-state index contributed by atoms with van der Waals surface area (Å²) < 4.78 is 0. The molecule has 3 heterocycles. The Labute approximate surface area is 247 Å². The van der Waals surface area contributed by atoms with Crippen LogP contribution in [0.25, 0.3) is 10.8 Å². The molecule has 0 radical (unpaired) electrons. The van der Waals surface area contributed by atoms with E-state index in [1.807, 2.05) is 12.3 Å². The Bertz CT molecular complexity index is 2000. The largest absolute Gasteiger partial charge is 0.309 e. The minimum atomic E-state index is -0.204. The Morgan fingerprint density at radius 1 is 0.571 bits per heavy atom. The molecule has 0 unspecified atom stereocenters. The smallest absolute Gasteiger partial charge is 0.137 e. The minimum Gasteiger partial charge on any atom is -0.309 e. The lowest BCUT2D eigenvalue weighted by atomic mass is 9.66. The predicted molar refractivity (Wildman–Crippen MR) is 175 cm³/mol. The lowest BCUT2D eigenvalue weighted by Gasteiger charge is -2.49. The average molecular weight is 544 g/mol. The van der Waals surface area contributed by atoms with E-state index in [2.05, 4.69) is 153 Å². The molecule has 0 amide bonds. The molecular formula is C39H33N3. The zero-order valence-electron chi connectivity index (χ0n) is 24.5. The van der Waals surface area contributed by atoms with E-state index in [-0.39, 0.29) is 10.8 Å². The number of benzene rings is 5. The van der Waals surface area contributed by atoms with Crippen LogP contribution in [0, 0.1) is 0 Å². The highest BCUT2D eigenvalue weighted by molar-refractivity contribution is 5.99. The summed E-state index contributed by atoms with van der Waals surface area (Å²) >= 11 is 0. The van der Waals surface area contributed by atoms with Crippen LogP contribution in [0.5, 0.6) is 0 Å². The Balaban J connectivity index is 1.40. The summed E-state index contributed by atoms with van der Waals surface area (Å²) in [7, 11) is 0. The molecular weight excluding hydrogens is 510 g/mol. The van der Waals surface area contributed by atoms with E-state index in [4.69, 9.17) is 4.98 Å². The van der Waals surface area contributed by atoms with Crippen molar-refractivity contribution in [2.24, 2.45) is 0 Å². The molecule has 0 atom stereocenters. The normalized spacial score (nSPS) is 15.5. The molecule has 0 N–H and O–H groups in total. The second-order valence-electron chi connectivity index (χ2n) is 12.5. The Morgan fingerprint density at radius 3 is 2.02 bits per heavy atom. The number of nitrogens with zero attached hydrogens (tertiary/aromatic N) is 3. The maximum atomic E-state index is 4.84. The molecule has 2 aliphatic heterocycles. The molecule has 0 aliphatic carbocycles. The van der Waals surface area contributed by atoms with Gasteiger partial charge < -0.3 is 4.90 Å².